The zero-order valence-electron chi connectivity index (χ0n) is 21.0. The molecule has 1 aliphatic carbocycles. The number of rotatable bonds is 9. The molecule has 0 aromatic heterocycles. The van der Waals surface area contributed by atoms with Crippen LogP contribution in [0.25, 0.3) is 11.1 Å². The summed E-state index contributed by atoms with van der Waals surface area (Å²) in [7, 11) is 0. The van der Waals surface area contributed by atoms with E-state index in [2.05, 4.69) is 38.1 Å². The van der Waals surface area contributed by atoms with Crippen molar-refractivity contribution in [3.8, 4) is 22.6 Å². The molecule has 3 aromatic carbocycles. The van der Waals surface area contributed by atoms with Crippen molar-refractivity contribution in [2.75, 3.05) is 0 Å². The van der Waals surface area contributed by atoms with Crippen molar-refractivity contribution in [1.82, 2.24) is 0 Å². The summed E-state index contributed by atoms with van der Waals surface area (Å²) in [5.74, 6) is 0.682. The van der Waals surface area contributed by atoms with Crippen molar-refractivity contribution < 1.29 is 19.7 Å². The fourth-order valence-electron chi connectivity index (χ4n) is 5.56. The molecule has 4 heteroatoms. The summed E-state index contributed by atoms with van der Waals surface area (Å²) in [5, 5.41) is 19.3. The van der Waals surface area contributed by atoms with Gasteiger partial charge in [0, 0.05) is 0 Å². The van der Waals surface area contributed by atoms with Gasteiger partial charge in [-0.1, -0.05) is 69.7 Å². The van der Waals surface area contributed by atoms with Gasteiger partial charge in [0.25, 0.3) is 0 Å². The van der Waals surface area contributed by atoms with Crippen LogP contribution in [0.3, 0.4) is 0 Å². The van der Waals surface area contributed by atoms with Gasteiger partial charge < -0.3 is 14.9 Å². The number of phenolic OH excluding ortho intramolecular Hbond substituents is 1. The average molecular weight is 473 g/mol. The lowest BCUT2D eigenvalue weighted by molar-refractivity contribution is -0.137. The summed E-state index contributed by atoms with van der Waals surface area (Å²) in [6.07, 6.45) is 4.48. The van der Waals surface area contributed by atoms with Crippen LogP contribution in [0.5, 0.6) is 11.5 Å². The van der Waals surface area contributed by atoms with Crippen molar-refractivity contribution in [3.05, 3.63) is 83.4 Å². The summed E-state index contributed by atoms with van der Waals surface area (Å²) in [6.45, 7) is 7.17. The predicted molar refractivity (Wildman–Crippen MR) is 140 cm³/mol. The van der Waals surface area contributed by atoms with Crippen molar-refractivity contribution in [1.29, 1.82) is 0 Å². The summed E-state index contributed by atoms with van der Waals surface area (Å²) in [4.78, 5) is 11.2. The maximum absolute atomic E-state index is 11.2. The minimum absolute atomic E-state index is 0.0196. The van der Waals surface area contributed by atoms with Crippen LogP contribution < -0.4 is 4.74 Å². The van der Waals surface area contributed by atoms with E-state index in [0.29, 0.717) is 12.5 Å². The molecule has 0 aliphatic heterocycles. The first-order chi connectivity index (χ1) is 16.8. The molecule has 4 nitrogen and oxygen atoms in total. The van der Waals surface area contributed by atoms with E-state index in [4.69, 9.17) is 4.74 Å². The molecule has 1 fully saturated rings. The highest BCUT2D eigenvalue weighted by Crippen LogP contribution is 2.51. The van der Waals surface area contributed by atoms with E-state index in [1.54, 1.807) is 6.07 Å². The second-order valence-electron chi connectivity index (χ2n) is 10.5. The van der Waals surface area contributed by atoms with Crippen LogP contribution in [0.4, 0.5) is 0 Å². The van der Waals surface area contributed by atoms with E-state index in [9.17, 15) is 15.0 Å². The number of carbonyl (C=O) groups is 1. The van der Waals surface area contributed by atoms with Crippen LogP contribution in [0, 0.1) is 5.41 Å². The highest BCUT2D eigenvalue weighted by Gasteiger charge is 2.36. The number of hydrogen-bond acceptors (Lipinski definition) is 3. The molecule has 2 N–H and O–H groups in total. The molecule has 0 saturated heterocycles. The van der Waals surface area contributed by atoms with Crippen molar-refractivity contribution in [2.24, 2.45) is 5.41 Å². The molecule has 1 saturated carbocycles. The number of ether oxygens (including phenoxy) is 1. The Balaban J connectivity index is 1.60. The molecule has 1 aliphatic rings. The first-order valence-corrected chi connectivity index (χ1v) is 12.6. The highest BCUT2D eigenvalue weighted by atomic mass is 16.5. The van der Waals surface area contributed by atoms with Gasteiger partial charge in [0.2, 0.25) is 0 Å². The summed E-state index contributed by atoms with van der Waals surface area (Å²) in [6, 6.07) is 21.9. The third kappa shape index (κ3) is 5.87. The van der Waals surface area contributed by atoms with Gasteiger partial charge in [0.15, 0.2) is 0 Å². The SMILES string of the molecule is CC[C@H](CC(=O)O)c1cccc(OCc2ccc(-c3cccc(O)c3)c([C@H]3CCCC3(C)C)c2)c1. The third-order valence-electron chi connectivity index (χ3n) is 7.55. The molecule has 0 bridgehead atoms. The maximum Gasteiger partial charge on any atom is 0.303 e. The van der Waals surface area contributed by atoms with E-state index in [0.717, 1.165) is 35.3 Å². The quantitative estimate of drug-likeness (QED) is 0.332. The minimum Gasteiger partial charge on any atom is -0.508 e. The Hall–Kier alpha value is -3.27. The highest BCUT2D eigenvalue weighted by molar-refractivity contribution is 5.70. The lowest BCUT2D eigenvalue weighted by Crippen LogP contribution is -2.16. The third-order valence-corrected chi connectivity index (χ3v) is 7.55. The van der Waals surface area contributed by atoms with Crippen LogP contribution in [0.15, 0.2) is 66.7 Å². The van der Waals surface area contributed by atoms with Crippen molar-refractivity contribution >= 4 is 5.97 Å². The Morgan fingerprint density at radius 3 is 2.57 bits per heavy atom. The Bertz CT molecular complexity index is 1180. The summed E-state index contributed by atoms with van der Waals surface area (Å²) >= 11 is 0. The van der Waals surface area contributed by atoms with Gasteiger partial charge in [0.1, 0.15) is 18.1 Å². The molecule has 35 heavy (non-hydrogen) atoms. The van der Waals surface area contributed by atoms with Crippen molar-refractivity contribution in [2.45, 2.75) is 71.3 Å². The number of hydrogen-bond donors (Lipinski definition) is 2. The number of aromatic hydroxyl groups is 1. The second kappa shape index (κ2) is 10.6. The normalized spacial score (nSPS) is 17.7. The number of phenols is 1. The van der Waals surface area contributed by atoms with E-state index in [-0.39, 0.29) is 23.5 Å². The maximum atomic E-state index is 11.2. The molecule has 3 aromatic rings. The van der Waals surface area contributed by atoms with E-state index in [1.807, 2.05) is 43.3 Å². The number of carboxylic acid groups (broad SMARTS) is 1. The van der Waals surface area contributed by atoms with Gasteiger partial charge >= 0.3 is 5.97 Å². The Kier molecular flexibility index (Phi) is 7.49. The Morgan fingerprint density at radius 2 is 1.89 bits per heavy atom. The Morgan fingerprint density at radius 1 is 1.09 bits per heavy atom. The monoisotopic (exact) mass is 472 g/mol. The van der Waals surface area contributed by atoms with Crippen LogP contribution in [-0.2, 0) is 11.4 Å². The van der Waals surface area contributed by atoms with E-state index >= 15 is 0 Å². The molecular weight excluding hydrogens is 436 g/mol. The zero-order chi connectivity index (χ0) is 25.0. The van der Waals surface area contributed by atoms with Gasteiger partial charge in [-0.25, -0.2) is 0 Å². The second-order valence-corrected chi connectivity index (χ2v) is 10.5. The predicted octanol–water partition coefficient (Wildman–Crippen LogP) is 7.90. The summed E-state index contributed by atoms with van der Waals surface area (Å²) < 4.78 is 6.18. The standard InChI is InChI=1S/C31H36O4/c1-4-22(19-30(33)34)23-8-6-11-26(18-23)35-20-21-13-14-27(24-9-5-10-25(32)17-24)28(16-21)29-12-7-15-31(29,2)3/h5-6,8-11,13-14,16-18,22,29,32H,4,7,12,15,19-20H2,1-3H3,(H,33,34)/t22-,29-/m1/s1. The summed E-state index contributed by atoms with van der Waals surface area (Å²) in [5.41, 5.74) is 5.85. The lowest BCUT2D eigenvalue weighted by atomic mass is 9.75. The van der Waals surface area contributed by atoms with Gasteiger partial charge in [0.05, 0.1) is 6.42 Å². The number of benzene rings is 3. The van der Waals surface area contributed by atoms with Crippen molar-refractivity contribution in [3.63, 3.8) is 0 Å². The van der Waals surface area contributed by atoms with Gasteiger partial charge in [-0.05, 0) is 88.6 Å². The fraction of sp³-hybridized carbons (Fsp3) is 0.387. The van der Waals surface area contributed by atoms with Gasteiger partial charge in [-0.3, -0.25) is 4.79 Å². The number of carboxylic acids is 1. The molecule has 2 atom stereocenters. The Labute approximate surface area is 208 Å². The van der Waals surface area contributed by atoms with Crippen LogP contribution in [0.2, 0.25) is 0 Å². The molecule has 0 spiro atoms. The van der Waals surface area contributed by atoms with E-state index < -0.39 is 5.97 Å². The molecule has 4 rings (SSSR count). The van der Waals surface area contributed by atoms with Crippen LogP contribution in [-0.4, -0.2) is 16.2 Å². The van der Waals surface area contributed by atoms with Gasteiger partial charge in [-0.2, -0.15) is 0 Å². The first kappa shape index (κ1) is 24.8. The molecule has 0 unspecified atom stereocenters. The topological polar surface area (TPSA) is 66.8 Å². The molecule has 0 radical (unpaired) electrons. The average Bonchev–Trinajstić information content (AvgIpc) is 3.19. The molecular formula is C31H36O4. The van der Waals surface area contributed by atoms with E-state index in [1.165, 1.54) is 24.0 Å². The molecule has 0 heterocycles. The molecule has 184 valence electrons. The number of aliphatic carboxylic acids is 1. The molecule has 0 amide bonds. The van der Waals surface area contributed by atoms with Crippen LogP contribution >= 0.6 is 0 Å². The van der Waals surface area contributed by atoms with Gasteiger partial charge in [-0.15, -0.1) is 0 Å². The lowest BCUT2D eigenvalue weighted by Gasteiger charge is -2.30. The van der Waals surface area contributed by atoms with Crippen LogP contribution in [0.1, 0.15) is 81.4 Å². The fourth-order valence-corrected chi connectivity index (χ4v) is 5.56. The minimum atomic E-state index is -0.780. The zero-order valence-corrected chi connectivity index (χ0v) is 21.0. The largest absolute Gasteiger partial charge is 0.508 e. The smallest absolute Gasteiger partial charge is 0.303 e. The first-order valence-electron chi connectivity index (χ1n) is 12.6.